The molecule has 1 aromatic carbocycles. The molecule has 0 aliphatic heterocycles. The van der Waals surface area contributed by atoms with Crippen LogP contribution in [0.5, 0.6) is 0 Å². The summed E-state index contributed by atoms with van der Waals surface area (Å²) in [5, 5.41) is 0. The first-order valence-corrected chi connectivity index (χ1v) is 8.65. The molecule has 0 radical (unpaired) electrons. The van der Waals surface area contributed by atoms with Gasteiger partial charge in [0.2, 0.25) is 5.82 Å². The highest BCUT2D eigenvalue weighted by Gasteiger charge is 2.20. The number of benzene rings is 1. The number of hydrogen-bond donors (Lipinski definition) is 0. The van der Waals surface area contributed by atoms with Crippen molar-refractivity contribution in [1.29, 1.82) is 0 Å². The first-order valence-electron chi connectivity index (χ1n) is 8.65. The summed E-state index contributed by atoms with van der Waals surface area (Å²) in [5.74, 6) is 8.45. The average Bonchev–Trinajstić information content (AvgIpc) is 2.62. The molecule has 0 amide bonds. The third-order valence-electron chi connectivity index (χ3n) is 4.91. The Morgan fingerprint density at radius 1 is 0.957 bits per heavy atom. The summed E-state index contributed by atoms with van der Waals surface area (Å²) in [6.45, 7) is 4.29. The number of aromatic nitrogens is 2. The summed E-state index contributed by atoms with van der Waals surface area (Å²) in [7, 11) is 0. The third-order valence-corrected chi connectivity index (χ3v) is 4.91. The van der Waals surface area contributed by atoms with Gasteiger partial charge in [-0.15, -0.1) is 0 Å². The zero-order chi connectivity index (χ0) is 16.1. The van der Waals surface area contributed by atoms with Crippen molar-refractivity contribution in [2.75, 3.05) is 0 Å². The van der Waals surface area contributed by atoms with Crippen molar-refractivity contribution in [2.24, 2.45) is 5.92 Å². The highest BCUT2D eigenvalue weighted by atomic mass is 14.8. The summed E-state index contributed by atoms with van der Waals surface area (Å²) in [6.07, 6.45) is 10.4. The Labute approximate surface area is 139 Å². The lowest BCUT2D eigenvalue weighted by molar-refractivity contribution is 0.319. The van der Waals surface area contributed by atoms with Crippen LogP contribution in [0.15, 0.2) is 36.7 Å². The smallest absolute Gasteiger partial charge is 0.205 e. The quantitative estimate of drug-likeness (QED) is 0.740. The van der Waals surface area contributed by atoms with E-state index in [0.29, 0.717) is 5.82 Å². The van der Waals surface area contributed by atoms with Crippen LogP contribution in [0.3, 0.4) is 0 Å². The highest BCUT2D eigenvalue weighted by molar-refractivity contribution is 5.40. The van der Waals surface area contributed by atoms with Crippen LogP contribution in [-0.4, -0.2) is 9.97 Å². The topological polar surface area (TPSA) is 25.8 Å². The lowest BCUT2D eigenvalue weighted by Gasteiger charge is -2.28. The molecular formula is C21H24N2. The molecule has 2 aromatic rings. The minimum Gasteiger partial charge on any atom is -0.229 e. The minimum atomic E-state index is 0.581. The fraction of sp³-hybridized carbons (Fsp3) is 0.429. The van der Waals surface area contributed by atoms with Gasteiger partial charge in [0.25, 0.3) is 0 Å². The highest BCUT2D eigenvalue weighted by Crippen LogP contribution is 2.36. The van der Waals surface area contributed by atoms with Crippen molar-refractivity contribution in [3.8, 4) is 11.8 Å². The van der Waals surface area contributed by atoms with E-state index in [1.165, 1.54) is 37.7 Å². The monoisotopic (exact) mass is 304 g/mol. The first kappa shape index (κ1) is 15.7. The molecule has 1 saturated carbocycles. The molecule has 0 spiro atoms. The predicted octanol–water partition coefficient (Wildman–Crippen LogP) is 4.87. The third kappa shape index (κ3) is 4.20. The van der Waals surface area contributed by atoms with Crippen molar-refractivity contribution in [3.05, 3.63) is 59.2 Å². The molecule has 0 N–H and O–H groups in total. The Hall–Kier alpha value is -2.14. The van der Waals surface area contributed by atoms with Crippen LogP contribution >= 0.6 is 0 Å². The van der Waals surface area contributed by atoms with E-state index < -0.39 is 0 Å². The SMILES string of the molecule is CC[C@H]1CC[C@H](c2ccc(C#Cc3ncc(C)cn3)cc2)CC1. The van der Waals surface area contributed by atoms with E-state index in [2.05, 4.69) is 53.0 Å². The minimum absolute atomic E-state index is 0.581. The fourth-order valence-corrected chi connectivity index (χ4v) is 3.33. The Morgan fingerprint density at radius 2 is 1.61 bits per heavy atom. The number of hydrogen-bond acceptors (Lipinski definition) is 2. The van der Waals surface area contributed by atoms with Gasteiger partial charge in [0, 0.05) is 18.0 Å². The van der Waals surface area contributed by atoms with E-state index in [9.17, 15) is 0 Å². The van der Waals surface area contributed by atoms with Crippen molar-refractivity contribution >= 4 is 0 Å². The lowest BCUT2D eigenvalue weighted by atomic mass is 9.78. The van der Waals surface area contributed by atoms with Crippen molar-refractivity contribution < 1.29 is 0 Å². The Kier molecular flexibility index (Phi) is 5.08. The summed E-state index contributed by atoms with van der Waals surface area (Å²) < 4.78 is 0. The molecule has 1 fully saturated rings. The molecule has 23 heavy (non-hydrogen) atoms. The molecule has 1 aliphatic carbocycles. The molecule has 118 valence electrons. The van der Waals surface area contributed by atoms with Gasteiger partial charge in [-0.2, -0.15) is 0 Å². The lowest BCUT2D eigenvalue weighted by Crippen LogP contribution is -2.12. The van der Waals surface area contributed by atoms with Crippen molar-refractivity contribution in [3.63, 3.8) is 0 Å². The molecule has 1 heterocycles. The van der Waals surface area contributed by atoms with Crippen LogP contribution in [0.2, 0.25) is 0 Å². The zero-order valence-electron chi connectivity index (χ0n) is 14.0. The summed E-state index contributed by atoms with van der Waals surface area (Å²) in [6, 6.07) is 8.75. The maximum Gasteiger partial charge on any atom is 0.205 e. The fourth-order valence-electron chi connectivity index (χ4n) is 3.33. The van der Waals surface area contributed by atoms with Gasteiger partial charge in [-0.3, -0.25) is 0 Å². The van der Waals surface area contributed by atoms with Crippen LogP contribution in [0.4, 0.5) is 0 Å². The van der Waals surface area contributed by atoms with Gasteiger partial charge in [0.05, 0.1) is 0 Å². The number of aryl methyl sites for hydroxylation is 1. The molecule has 0 atom stereocenters. The summed E-state index contributed by atoms with van der Waals surface area (Å²) in [5.41, 5.74) is 3.55. The van der Waals surface area contributed by atoms with E-state index in [1.54, 1.807) is 12.4 Å². The van der Waals surface area contributed by atoms with Gasteiger partial charge in [-0.1, -0.05) is 31.4 Å². The van der Waals surface area contributed by atoms with E-state index in [1.807, 2.05) is 6.92 Å². The normalized spacial score (nSPS) is 20.6. The molecule has 1 aliphatic rings. The van der Waals surface area contributed by atoms with Crippen molar-refractivity contribution in [2.45, 2.75) is 51.9 Å². The molecule has 2 nitrogen and oxygen atoms in total. The summed E-state index contributed by atoms with van der Waals surface area (Å²) >= 11 is 0. The second-order valence-electron chi connectivity index (χ2n) is 6.58. The van der Waals surface area contributed by atoms with Gasteiger partial charge >= 0.3 is 0 Å². The molecule has 1 aromatic heterocycles. The standard InChI is InChI=1S/C21H24N2/c1-3-17-4-9-19(10-5-17)20-11-6-18(7-12-20)8-13-21-22-14-16(2)15-23-21/h6-7,11-12,14-15,17,19H,3-5,9-10H2,1-2H3/t17-,19-. The molecule has 0 saturated heterocycles. The molecule has 0 bridgehead atoms. The zero-order valence-corrected chi connectivity index (χ0v) is 14.0. The number of nitrogens with zero attached hydrogens (tertiary/aromatic N) is 2. The molecule has 0 unspecified atom stereocenters. The summed E-state index contributed by atoms with van der Waals surface area (Å²) in [4.78, 5) is 8.43. The Bertz CT molecular complexity index is 681. The second kappa shape index (κ2) is 7.42. The van der Waals surface area contributed by atoms with Crippen LogP contribution < -0.4 is 0 Å². The Morgan fingerprint density at radius 3 is 2.22 bits per heavy atom. The van der Waals surface area contributed by atoms with E-state index in [-0.39, 0.29) is 0 Å². The van der Waals surface area contributed by atoms with Gasteiger partial charge in [0.1, 0.15) is 0 Å². The van der Waals surface area contributed by atoms with Crippen LogP contribution in [-0.2, 0) is 0 Å². The van der Waals surface area contributed by atoms with Crippen LogP contribution in [0.1, 0.15) is 67.5 Å². The van der Waals surface area contributed by atoms with Crippen LogP contribution in [0, 0.1) is 24.7 Å². The Balaban J connectivity index is 1.65. The van der Waals surface area contributed by atoms with Crippen LogP contribution in [0.25, 0.3) is 0 Å². The van der Waals surface area contributed by atoms with Gasteiger partial charge in [-0.05, 0) is 73.6 Å². The van der Waals surface area contributed by atoms with E-state index >= 15 is 0 Å². The molecular weight excluding hydrogens is 280 g/mol. The van der Waals surface area contributed by atoms with E-state index in [4.69, 9.17) is 0 Å². The van der Waals surface area contributed by atoms with Gasteiger partial charge < -0.3 is 0 Å². The second-order valence-corrected chi connectivity index (χ2v) is 6.58. The predicted molar refractivity (Wildman–Crippen MR) is 94.2 cm³/mol. The van der Waals surface area contributed by atoms with Crippen molar-refractivity contribution in [1.82, 2.24) is 9.97 Å². The molecule has 2 heteroatoms. The van der Waals surface area contributed by atoms with E-state index in [0.717, 1.165) is 23.0 Å². The molecule has 3 rings (SSSR count). The number of rotatable bonds is 2. The first-order chi connectivity index (χ1) is 11.2. The maximum atomic E-state index is 4.21. The maximum absolute atomic E-state index is 4.21. The largest absolute Gasteiger partial charge is 0.229 e. The van der Waals surface area contributed by atoms with Gasteiger partial charge in [0.15, 0.2) is 0 Å². The average molecular weight is 304 g/mol. The van der Waals surface area contributed by atoms with Gasteiger partial charge in [-0.25, -0.2) is 9.97 Å².